The molecule has 0 radical (unpaired) electrons. The van der Waals surface area contributed by atoms with Gasteiger partial charge in [-0.15, -0.1) is 0 Å². The van der Waals surface area contributed by atoms with Crippen LogP contribution in [0.1, 0.15) is 47.4 Å². The molecular formula is C28H33NO6S. The van der Waals surface area contributed by atoms with Crippen molar-refractivity contribution in [3.05, 3.63) is 82.1 Å². The number of carbonyl (C=O) groups is 1. The quantitative estimate of drug-likeness (QED) is 0.333. The molecule has 0 bridgehead atoms. The van der Waals surface area contributed by atoms with Gasteiger partial charge in [0, 0.05) is 12.6 Å². The molecule has 0 aliphatic rings. The number of aryl methyl sites for hydroxylation is 4. The first-order valence-electron chi connectivity index (χ1n) is 11.7. The summed E-state index contributed by atoms with van der Waals surface area (Å²) in [5.41, 5.74) is 5.00. The zero-order chi connectivity index (χ0) is 26.6. The van der Waals surface area contributed by atoms with Crippen LogP contribution in [0.4, 0.5) is 5.69 Å². The standard InChI is InChI=1S/C28H33NO6S/c1-18(2)16-29(36(32,33)28-12-7-22(6)35-28)25-14-19(3)20(4)15-26(25)34-17-24-10-8-23(13-21(24)5)9-11-27(30)31/h7-15,18H,16-17H2,1-6H3,(H,30,31)/b11-9+. The van der Waals surface area contributed by atoms with Gasteiger partial charge in [-0.05, 0) is 91.8 Å². The van der Waals surface area contributed by atoms with Gasteiger partial charge in [0.15, 0.2) is 0 Å². The number of nitrogens with zero attached hydrogens (tertiary/aromatic N) is 1. The number of benzene rings is 2. The molecule has 3 aromatic rings. The zero-order valence-electron chi connectivity index (χ0n) is 21.5. The molecule has 0 spiro atoms. The maximum atomic E-state index is 13.6. The number of sulfonamides is 1. The fraction of sp³-hybridized carbons (Fsp3) is 0.321. The third-order valence-corrected chi connectivity index (χ3v) is 7.46. The van der Waals surface area contributed by atoms with E-state index in [4.69, 9.17) is 14.3 Å². The number of aliphatic carboxylic acids is 1. The van der Waals surface area contributed by atoms with Crippen LogP contribution in [0.5, 0.6) is 5.75 Å². The van der Waals surface area contributed by atoms with E-state index in [1.165, 1.54) is 16.4 Å². The summed E-state index contributed by atoms with van der Waals surface area (Å²) in [6.07, 6.45) is 2.63. The van der Waals surface area contributed by atoms with Crippen molar-refractivity contribution in [2.75, 3.05) is 10.8 Å². The number of rotatable bonds is 10. The van der Waals surface area contributed by atoms with E-state index < -0.39 is 16.0 Å². The summed E-state index contributed by atoms with van der Waals surface area (Å²) in [4.78, 5) is 10.8. The van der Waals surface area contributed by atoms with E-state index in [0.29, 0.717) is 17.2 Å². The molecule has 8 heteroatoms. The molecule has 0 amide bonds. The van der Waals surface area contributed by atoms with Crippen molar-refractivity contribution in [3.8, 4) is 5.75 Å². The van der Waals surface area contributed by atoms with Crippen LogP contribution in [0.15, 0.2) is 58.1 Å². The third kappa shape index (κ3) is 6.37. The van der Waals surface area contributed by atoms with Crippen LogP contribution in [0.3, 0.4) is 0 Å². The topological polar surface area (TPSA) is 97.0 Å². The second kappa shape index (κ2) is 11.0. The molecule has 36 heavy (non-hydrogen) atoms. The van der Waals surface area contributed by atoms with Crippen LogP contribution in [0.2, 0.25) is 0 Å². The van der Waals surface area contributed by atoms with Gasteiger partial charge in [0.05, 0.1) is 5.69 Å². The molecule has 0 unspecified atom stereocenters. The van der Waals surface area contributed by atoms with Crippen molar-refractivity contribution < 1.29 is 27.5 Å². The summed E-state index contributed by atoms with van der Waals surface area (Å²) in [6, 6.07) is 12.4. The Kier molecular flexibility index (Phi) is 8.30. The van der Waals surface area contributed by atoms with E-state index in [2.05, 4.69) is 0 Å². The Morgan fingerprint density at radius 3 is 2.31 bits per heavy atom. The van der Waals surface area contributed by atoms with Crippen molar-refractivity contribution >= 4 is 27.8 Å². The van der Waals surface area contributed by atoms with E-state index in [1.54, 1.807) is 13.0 Å². The van der Waals surface area contributed by atoms with Crippen molar-refractivity contribution in [3.63, 3.8) is 0 Å². The second-order valence-corrected chi connectivity index (χ2v) is 11.1. The van der Waals surface area contributed by atoms with Crippen molar-refractivity contribution in [2.45, 2.75) is 53.2 Å². The van der Waals surface area contributed by atoms with Gasteiger partial charge in [0.1, 0.15) is 18.1 Å². The van der Waals surface area contributed by atoms with Gasteiger partial charge < -0.3 is 14.3 Å². The minimum atomic E-state index is -3.96. The van der Waals surface area contributed by atoms with Crippen LogP contribution < -0.4 is 9.04 Å². The smallest absolute Gasteiger partial charge is 0.328 e. The number of furan rings is 1. The molecule has 0 aliphatic carbocycles. The molecule has 0 atom stereocenters. The number of anilines is 1. The van der Waals surface area contributed by atoms with Gasteiger partial charge in [0.2, 0.25) is 5.09 Å². The maximum Gasteiger partial charge on any atom is 0.328 e. The molecule has 0 fully saturated rings. The molecule has 1 N–H and O–H groups in total. The van der Waals surface area contributed by atoms with E-state index >= 15 is 0 Å². The Bertz CT molecular complexity index is 1390. The number of carboxylic acids is 1. The summed E-state index contributed by atoms with van der Waals surface area (Å²) >= 11 is 0. The summed E-state index contributed by atoms with van der Waals surface area (Å²) in [7, 11) is -3.96. The largest absolute Gasteiger partial charge is 0.487 e. The molecule has 0 aliphatic heterocycles. The molecule has 0 saturated carbocycles. The predicted octanol–water partition coefficient (Wildman–Crippen LogP) is 6.04. The van der Waals surface area contributed by atoms with Crippen LogP contribution in [0, 0.1) is 33.6 Å². The Labute approximate surface area is 213 Å². The average molecular weight is 512 g/mol. The first kappa shape index (κ1) is 27.1. The highest BCUT2D eigenvalue weighted by Gasteiger charge is 2.31. The van der Waals surface area contributed by atoms with Crippen LogP contribution in [-0.2, 0) is 21.4 Å². The summed E-state index contributed by atoms with van der Waals surface area (Å²) in [5, 5.41) is 8.74. The molecule has 7 nitrogen and oxygen atoms in total. The van der Waals surface area contributed by atoms with Gasteiger partial charge in [-0.25, -0.2) is 4.79 Å². The van der Waals surface area contributed by atoms with Crippen LogP contribution in [-0.4, -0.2) is 26.0 Å². The SMILES string of the molecule is Cc1ccc(S(=O)(=O)N(CC(C)C)c2cc(C)c(C)cc2OCc2ccc(/C=C/C(=O)O)cc2C)o1. The molecular weight excluding hydrogens is 478 g/mol. The Balaban J connectivity index is 1.99. The predicted molar refractivity (Wildman–Crippen MR) is 141 cm³/mol. The third-order valence-electron chi connectivity index (χ3n) is 5.80. The van der Waals surface area contributed by atoms with Gasteiger partial charge in [-0.1, -0.05) is 32.0 Å². The average Bonchev–Trinajstić information content (AvgIpc) is 3.24. The molecule has 3 rings (SSSR count). The lowest BCUT2D eigenvalue weighted by atomic mass is 10.0. The molecule has 192 valence electrons. The molecule has 1 heterocycles. The van der Waals surface area contributed by atoms with Gasteiger partial charge in [-0.2, -0.15) is 8.42 Å². The highest BCUT2D eigenvalue weighted by molar-refractivity contribution is 7.92. The minimum Gasteiger partial charge on any atom is -0.487 e. The summed E-state index contributed by atoms with van der Waals surface area (Å²) < 4.78 is 40.4. The highest BCUT2D eigenvalue weighted by atomic mass is 32.2. The van der Waals surface area contributed by atoms with E-state index in [1.807, 2.05) is 65.0 Å². The zero-order valence-corrected chi connectivity index (χ0v) is 22.3. The van der Waals surface area contributed by atoms with E-state index in [-0.39, 0.29) is 24.2 Å². The van der Waals surface area contributed by atoms with Crippen molar-refractivity contribution in [2.24, 2.45) is 5.92 Å². The van der Waals surface area contributed by atoms with Crippen molar-refractivity contribution in [1.82, 2.24) is 0 Å². The Hall–Kier alpha value is -3.52. The van der Waals surface area contributed by atoms with Crippen molar-refractivity contribution in [1.29, 1.82) is 0 Å². The molecule has 1 aromatic heterocycles. The maximum absolute atomic E-state index is 13.6. The monoisotopic (exact) mass is 511 g/mol. The minimum absolute atomic E-state index is 0.0546. The fourth-order valence-electron chi connectivity index (χ4n) is 3.71. The normalized spacial score (nSPS) is 11.9. The lowest BCUT2D eigenvalue weighted by molar-refractivity contribution is -0.131. The molecule has 0 saturated heterocycles. The fourth-order valence-corrected chi connectivity index (χ4v) is 5.30. The first-order chi connectivity index (χ1) is 16.9. The van der Waals surface area contributed by atoms with Crippen LogP contribution >= 0.6 is 0 Å². The number of hydrogen-bond donors (Lipinski definition) is 1. The lowest BCUT2D eigenvalue weighted by Gasteiger charge is -2.28. The van der Waals surface area contributed by atoms with Crippen LogP contribution in [0.25, 0.3) is 6.08 Å². The van der Waals surface area contributed by atoms with Gasteiger partial charge in [-0.3, -0.25) is 4.31 Å². The molecule has 2 aromatic carbocycles. The van der Waals surface area contributed by atoms with E-state index in [9.17, 15) is 13.2 Å². The Morgan fingerprint density at radius 1 is 1.03 bits per heavy atom. The van der Waals surface area contributed by atoms with E-state index in [0.717, 1.165) is 33.9 Å². The number of hydrogen-bond acceptors (Lipinski definition) is 5. The first-order valence-corrected chi connectivity index (χ1v) is 13.2. The Morgan fingerprint density at radius 2 is 1.72 bits per heavy atom. The lowest BCUT2D eigenvalue weighted by Crippen LogP contribution is -2.34. The van der Waals surface area contributed by atoms with Gasteiger partial charge in [0.25, 0.3) is 10.0 Å². The highest BCUT2D eigenvalue weighted by Crippen LogP contribution is 2.36. The summed E-state index contributed by atoms with van der Waals surface area (Å²) in [5.74, 6) is 0.0264. The number of carboxylic acid groups (broad SMARTS) is 1. The summed E-state index contributed by atoms with van der Waals surface area (Å²) in [6.45, 7) is 11.9. The second-order valence-electron chi connectivity index (χ2n) is 9.35. The van der Waals surface area contributed by atoms with Gasteiger partial charge >= 0.3 is 5.97 Å². The number of ether oxygens (including phenoxy) is 1.